The zero-order chi connectivity index (χ0) is 21.4. The van der Waals surface area contributed by atoms with Gasteiger partial charge in [-0.15, -0.1) is 11.8 Å². The molecule has 0 saturated heterocycles. The summed E-state index contributed by atoms with van der Waals surface area (Å²) in [4.78, 5) is 14.9. The van der Waals surface area contributed by atoms with E-state index in [0.717, 1.165) is 40.0 Å². The molecule has 0 saturated carbocycles. The van der Waals surface area contributed by atoms with Crippen molar-refractivity contribution in [2.75, 3.05) is 12.4 Å². The molecule has 0 spiro atoms. The highest BCUT2D eigenvalue weighted by atomic mass is 32.2. The maximum atomic E-state index is 5.82. The Labute approximate surface area is 184 Å². The number of anilines is 2. The molecule has 0 amide bonds. The van der Waals surface area contributed by atoms with Crippen LogP contribution in [0.25, 0.3) is 16.9 Å². The lowest BCUT2D eigenvalue weighted by Gasteiger charge is -2.15. The second-order valence-electron chi connectivity index (χ2n) is 7.37. The van der Waals surface area contributed by atoms with E-state index in [1.165, 1.54) is 4.90 Å². The molecule has 2 aromatic carbocycles. The van der Waals surface area contributed by atoms with Gasteiger partial charge in [0.05, 0.1) is 30.1 Å². The van der Waals surface area contributed by atoms with Crippen LogP contribution in [0.5, 0.6) is 11.5 Å². The number of fused-ring (bicyclic) bond motifs is 2. The van der Waals surface area contributed by atoms with Gasteiger partial charge in [0, 0.05) is 40.8 Å². The molecule has 0 aliphatic carbocycles. The first-order chi connectivity index (χ1) is 15.1. The van der Waals surface area contributed by atoms with E-state index in [9.17, 15) is 0 Å². The number of hydrogen-bond acceptors (Lipinski definition) is 6. The topological polar surface area (TPSA) is 73.0 Å². The summed E-state index contributed by atoms with van der Waals surface area (Å²) < 4.78 is 13.3. The lowest BCUT2D eigenvalue weighted by molar-refractivity contribution is 0.230. The summed E-state index contributed by atoms with van der Waals surface area (Å²) in [7, 11) is 1.63. The number of thiol groups is 1. The predicted octanol–water partition coefficient (Wildman–Crippen LogP) is 5.43. The second kappa shape index (κ2) is 7.96. The smallest absolute Gasteiger partial charge is 0.180 e. The Balaban J connectivity index is 1.52. The van der Waals surface area contributed by atoms with E-state index in [1.807, 2.05) is 66.5 Å². The molecule has 0 atom stereocenters. The van der Waals surface area contributed by atoms with Crippen molar-refractivity contribution in [2.24, 2.45) is 4.99 Å². The number of aromatic nitrogens is 3. The quantitative estimate of drug-likeness (QED) is 0.397. The van der Waals surface area contributed by atoms with Crippen molar-refractivity contribution in [1.82, 2.24) is 14.4 Å². The van der Waals surface area contributed by atoms with Crippen LogP contribution in [0.15, 0.2) is 64.9 Å². The number of rotatable bonds is 6. The third-order valence-corrected chi connectivity index (χ3v) is 5.70. The third-order valence-electron chi connectivity index (χ3n) is 4.83. The summed E-state index contributed by atoms with van der Waals surface area (Å²) in [5.74, 6) is 2.03. The van der Waals surface area contributed by atoms with Crippen molar-refractivity contribution in [3.05, 3.63) is 55.0 Å². The van der Waals surface area contributed by atoms with E-state index in [0.29, 0.717) is 17.3 Å². The summed E-state index contributed by atoms with van der Waals surface area (Å²) in [6.45, 7) is 3.97. The van der Waals surface area contributed by atoms with E-state index in [1.54, 1.807) is 13.3 Å². The Hall–Kier alpha value is -3.52. The maximum Gasteiger partial charge on any atom is 0.180 e. The van der Waals surface area contributed by atoms with E-state index in [-0.39, 0.29) is 6.10 Å². The molecule has 8 heteroatoms. The lowest BCUT2D eigenvalue weighted by atomic mass is 10.1. The number of aliphatic imine (C=N–C) groups is 1. The van der Waals surface area contributed by atoms with Gasteiger partial charge in [0.2, 0.25) is 0 Å². The van der Waals surface area contributed by atoms with Crippen LogP contribution in [0, 0.1) is 0 Å². The number of nitrogens with zero attached hydrogens (tertiary/aromatic N) is 4. The molecule has 1 radical (unpaired) electrons. The zero-order valence-electron chi connectivity index (χ0n) is 17.4. The summed E-state index contributed by atoms with van der Waals surface area (Å²) in [6.07, 6.45) is 5.73. The average molecular weight is 433 g/mol. The fourth-order valence-electron chi connectivity index (χ4n) is 3.44. The SMILES string of the molecule is COc1cc(Nc2nc(-c3ccc4c(c3)[SH]C=N4)cn3ccnc23)ccc1OC(C)C. The molecule has 2 aromatic heterocycles. The van der Waals surface area contributed by atoms with Gasteiger partial charge in [0.15, 0.2) is 23.0 Å². The van der Waals surface area contributed by atoms with Crippen LogP contribution < -0.4 is 14.8 Å². The van der Waals surface area contributed by atoms with Crippen molar-refractivity contribution >= 4 is 40.1 Å². The largest absolute Gasteiger partial charge is 0.493 e. The Bertz CT molecular complexity index is 1300. The zero-order valence-corrected chi connectivity index (χ0v) is 18.3. The fourth-order valence-corrected chi connectivity index (χ4v) is 4.22. The van der Waals surface area contributed by atoms with Crippen LogP contribution >= 0.6 is 11.8 Å². The standard InChI is InChI=1S/C23H22N5O2S/c1-14(2)30-19-7-5-16(11-20(19)29-3)26-22-23-24-8-9-28(23)12-18(27-22)15-4-6-17-21(10-15)31-13-25-17/h4-14,31H,1-3H3,(H,26,27). The van der Waals surface area contributed by atoms with Crippen LogP contribution in [0.3, 0.4) is 0 Å². The van der Waals surface area contributed by atoms with E-state index in [2.05, 4.69) is 21.4 Å². The van der Waals surface area contributed by atoms with Gasteiger partial charge in [-0.1, -0.05) is 6.07 Å². The normalized spacial score (nSPS) is 12.4. The Kier molecular flexibility index (Phi) is 4.99. The summed E-state index contributed by atoms with van der Waals surface area (Å²) in [5.41, 5.74) is 6.39. The summed E-state index contributed by atoms with van der Waals surface area (Å²) in [6, 6.07) is 12.0. The van der Waals surface area contributed by atoms with Crippen LogP contribution in [0.1, 0.15) is 13.8 Å². The van der Waals surface area contributed by atoms with E-state index < -0.39 is 0 Å². The molecule has 3 heterocycles. The second-order valence-corrected chi connectivity index (χ2v) is 8.34. The molecular weight excluding hydrogens is 410 g/mol. The van der Waals surface area contributed by atoms with Crippen LogP contribution in [-0.2, 0) is 0 Å². The number of ether oxygens (including phenoxy) is 2. The van der Waals surface area contributed by atoms with E-state index in [4.69, 9.17) is 14.5 Å². The van der Waals surface area contributed by atoms with Crippen molar-refractivity contribution in [3.8, 4) is 22.8 Å². The number of imidazole rings is 1. The summed E-state index contributed by atoms with van der Waals surface area (Å²) >= 11 is 1.11. The molecule has 5 rings (SSSR count). The molecule has 31 heavy (non-hydrogen) atoms. The lowest BCUT2D eigenvalue weighted by Crippen LogP contribution is -2.07. The first-order valence-corrected chi connectivity index (χ1v) is 10.9. The third kappa shape index (κ3) is 3.82. The van der Waals surface area contributed by atoms with Gasteiger partial charge >= 0.3 is 0 Å². The Morgan fingerprint density at radius 1 is 1.10 bits per heavy atom. The van der Waals surface area contributed by atoms with Crippen molar-refractivity contribution < 1.29 is 9.47 Å². The number of nitrogens with one attached hydrogen (secondary N) is 1. The average Bonchev–Trinajstić information content (AvgIpc) is 3.43. The molecule has 157 valence electrons. The van der Waals surface area contributed by atoms with Gasteiger partial charge in [0.1, 0.15) is 0 Å². The molecule has 0 bridgehead atoms. The number of hydrogen-bond donors (Lipinski definition) is 2. The predicted molar refractivity (Wildman–Crippen MR) is 126 cm³/mol. The monoisotopic (exact) mass is 432 g/mol. The first-order valence-electron chi connectivity index (χ1n) is 9.94. The van der Waals surface area contributed by atoms with Gasteiger partial charge < -0.3 is 19.2 Å². The van der Waals surface area contributed by atoms with Crippen molar-refractivity contribution in [3.63, 3.8) is 0 Å². The highest BCUT2D eigenvalue weighted by Gasteiger charge is 2.14. The molecule has 1 N–H and O–H groups in total. The van der Waals surface area contributed by atoms with Gasteiger partial charge in [-0.3, -0.25) is 0 Å². The minimum absolute atomic E-state index is 0.0627. The molecule has 4 aromatic rings. The number of benzene rings is 2. The molecule has 1 aliphatic heterocycles. The Morgan fingerprint density at radius 2 is 2.00 bits per heavy atom. The van der Waals surface area contributed by atoms with Crippen molar-refractivity contribution in [1.29, 1.82) is 0 Å². The van der Waals surface area contributed by atoms with E-state index >= 15 is 0 Å². The van der Waals surface area contributed by atoms with Crippen LogP contribution in [-0.4, -0.2) is 33.1 Å². The molecule has 7 nitrogen and oxygen atoms in total. The number of methoxy groups -OCH3 is 1. The van der Waals surface area contributed by atoms with Gasteiger partial charge in [-0.2, -0.15) is 0 Å². The van der Waals surface area contributed by atoms with Crippen LogP contribution in [0.4, 0.5) is 17.2 Å². The molecule has 0 fully saturated rings. The maximum absolute atomic E-state index is 5.82. The van der Waals surface area contributed by atoms with Gasteiger partial charge in [0.25, 0.3) is 0 Å². The highest BCUT2D eigenvalue weighted by Crippen LogP contribution is 2.37. The van der Waals surface area contributed by atoms with Crippen molar-refractivity contribution in [2.45, 2.75) is 24.8 Å². The first kappa shape index (κ1) is 19.4. The van der Waals surface area contributed by atoms with Gasteiger partial charge in [-0.25, -0.2) is 15.0 Å². The minimum Gasteiger partial charge on any atom is -0.493 e. The van der Waals surface area contributed by atoms with Crippen LogP contribution in [0.2, 0.25) is 0 Å². The Morgan fingerprint density at radius 3 is 2.84 bits per heavy atom. The minimum atomic E-state index is 0.0627. The molecule has 0 unspecified atom stereocenters. The molecular formula is C23H22N5O2S. The fraction of sp³-hybridized carbons (Fsp3) is 0.174. The van der Waals surface area contributed by atoms with Gasteiger partial charge in [-0.05, 0) is 38.1 Å². The molecule has 1 aliphatic rings. The summed E-state index contributed by atoms with van der Waals surface area (Å²) in [5, 5.41) is 3.39. The highest BCUT2D eigenvalue weighted by molar-refractivity contribution is 8.12.